The number of nitriles is 1. The van der Waals surface area contributed by atoms with Crippen LogP contribution in [0.25, 0.3) is 12.2 Å². The largest absolute Gasteiger partial charge is 1.00 e. The van der Waals surface area contributed by atoms with Gasteiger partial charge < -0.3 is 21.5 Å². The van der Waals surface area contributed by atoms with Gasteiger partial charge in [0.15, 0.2) is 0 Å². The second-order valence-corrected chi connectivity index (χ2v) is 24.5. The van der Waals surface area contributed by atoms with E-state index in [1.54, 1.807) is 31.3 Å². The van der Waals surface area contributed by atoms with Crippen molar-refractivity contribution in [2.75, 3.05) is 38.1 Å². The van der Waals surface area contributed by atoms with E-state index in [9.17, 15) is 31.2 Å². The van der Waals surface area contributed by atoms with Crippen LogP contribution in [0.2, 0.25) is 0 Å². The Balaban J connectivity index is 0.000000254. The van der Waals surface area contributed by atoms with E-state index >= 15 is 0 Å². The maximum absolute atomic E-state index is 13.1. The normalized spacial score (nSPS) is 24.0. The Kier molecular flexibility index (Phi) is 20.3. The summed E-state index contributed by atoms with van der Waals surface area (Å²) in [7, 11) is -5.64. The van der Waals surface area contributed by atoms with Crippen molar-refractivity contribution in [2.45, 2.75) is 143 Å². The summed E-state index contributed by atoms with van der Waals surface area (Å²) in [5.74, 6) is 3.60. The van der Waals surface area contributed by atoms with Crippen molar-refractivity contribution in [1.82, 2.24) is 19.2 Å². The molecule has 17 nitrogen and oxygen atoms in total. The number of aliphatic imine (C=N–C) groups is 2. The van der Waals surface area contributed by atoms with Crippen molar-refractivity contribution in [2.24, 2.45) is 39.4 Å². The Bertz CT molecular complexity index is 2710. The molecule has 73 heavy (non-hydrogen) atoms. The predicted octanol–water partition coefficient (Wildman–Crippen LogP) is 3.50. The van der Waals surface area contributed by atoms with Crippen molar-refractivity contribution < 1.29 is 65.9 Å². The summed E-state index contributed by atoms with van der Waals surface area (Å²) in [6.45, 7) is 15.5. The fourth-order valence-corrected chi connectivity index (χ4v) is 13.3. The molecule has 20 heteroatoms. The van der Waals surface area contributed by atoms with Gasteiger partial charge in [-0.25, -0.2) is 26.9 Å². The summed E-state index contributed by atoms with van der Waals surface area (Å²) in [6.07, 6.45) is 15.3. The van der Waals surface area contributed by atoms with E-state index in [0.717, 1.165) is 102 Å². The van der Waals surface area contributed by atoms with Gasteiger partial charge in [-0.2, -0.15) is 8.61 Å². The van der Waals surface area contributed by atoms with Gasteiger partial charge in [-0.05, 0) is 161 Å². The zero-order chi connectivity index (χ0) is 52.8. The molecular weight excluding hydrogens is 978 g/mol. The monoisotopic (exact) mass is 1050 g/mol. The van der Waals surface area contributed by atoms with Crippen LogP contribution in [-0.2, 0) is 36.1 Å². The molecule has 4 amide bonds. The number of nitrogens with two attached hydrogens (primary N) is 1. The number of amidine groups is 2. The van der Waals surface area contributed by atoms with Gasteiger partial charge in [-0.3, -0.25) is 24.5 Å². The van der Waals surface area contributed by atoms with E-state index in [2.05, 4.69) is 43.5 Å². The zero-order valence-electron chi connectivity index (χ0n) is 44.3. The molecule has 4 fully saturated rings. The molecule has 0 aromatic heterocycles. The fourth-order valence-electron chi connectivity index (χ4n) is 11.0. The number of aryl methyl sites for hydroxylation is 5. The second kappa shape index (κ2) is 24.9. The first-order valence-corrected chi connectivity index (χ1v) is 28.4. The van der Waals surface area contributed by atoms with Crippen LogP contribution in [0.4, 0.5) is 10.5 Å². The molecule has 4 N–H and O–H groups in total. The van der Waals surface area contributed by atoms with E-state index in [4.69, 9.17) is 26.1 Å². The summed E-state index contributed by atoms with van der Waals surface area (Å²) < 4.78 is 55.2. The number of primary amides is 1. The number of anilines is 1. The molecule has 4 aliphatic heterocycles. The maximum atomic E-state index is 13.1. The van der Waals surface area contributed by atoms with Crippen molar-refractivity contribution >= 4 is 67.4 Å². The first-order valence-electron chi connectivity index (χ1n) is 25.4. The summed E-state index contributed by atoms with van der Waals surface area (Å²) in [5.41, 5.74) is 11.2. The topological polar surface area (TPSA) is 251 Å². The number of carbonyl (C=O) groups excluding carboxylic acids is 3. The second-order valence-electron chi connectivity index (χ2n) is 20.9. The Morgan fingerprint density at radius 1 is 0.726 bits per heavy atom. The molecule has 2 aromatic rings. The number of benzene rings is 2. The molecule has 392 valence electrons. The van der Waals surface area contributed by atoms with Crippen molar-refractivity contribution in [3.05, 3.63) is 74.0 Å². The standard InChI is InChI=1S/C26H37N5O4S.C26H37N3O3S.CHNO.Na/c1-17-5-7-20(8-6-17)23-28-24(32)26(29-23)10-12-31(13-11-26)36(34,35)14-9-22-18(2)15-21(16-19(22)3)30(4)25(27)33;1-5-21-16-19(3)23(20(4)17-21)10-15-33(31,32)29-13-11-26(12-14-29)25(30)27-24(28-26)22-8-6-18(2)7-9-22;2-1-3;/h9,14-17,20H,5-8,10-13H2,1-4H3,(H2,27,33)(H,28,29,32);10,15-18,22H,5-9,11-14H2,1-4H3,(H,27,28,30);3H;/q;;;+1/p-1/b14-9+;15-10+;;. The van der Waals surface area contributed by atoms with Gasteiger partial charge in [0, 0.05) is 67.8 Å². The Morgan fingerprint density at radius 3 is 1.37 bits per heavy atom. The molecule has 0 unspecified atom stereocenters. The minimum Gasteiger partial charge on any atom is -0.812 e. The minimum absolute atomic E-state index is 0. The number of nitrogens with one attached hydrogen (secondary N) is 2. The number of hydrogen-bond donors (Lipinski definition) is 3. The molecule has 8 rings (SSSR count). The van der Waals surface area contributed by atoms with Crippen LogP contribution in [-0.4, -0.2) is 99.3 Å². The SMILES string of the molecule is CCc1cc(C)c(/C=C/S(=O)(=O)N2CCC3(CC2)N=C(C2CCC(C)CC2)NC3=O)c(C)c1.Cc1cc(N(C)C(N)=O)cc(C)c1/C=C/S(=O)(=O)N1CCC2(CC1)N=C(C1CCC(C)CC1)NC2=O.N#C[O-].[Na+]. The van der Waals surface area contributed by atoms with E-state index in [1.165, 1.54) is 42.7 Å². The number of rotatable bonds is 10. The zero-order valence-corrected chi connectivity index (χ0v) is 47.9. The van der Waals surface area contributed by atoms with Gasteiger partial charge >= 0.3 is 35.6 Å². The molecule has 2 spiro atoms. The quantitative estimate of drug-likeness (QED) is 0.232. The molecule has 2 aliphatic carbocycles. The van der Waals surface area contributed by atoms with Crippen LogP contribution in [0, 0.1) is 62.9 Å². The maximum Gasteiger partial charge on any atom is 1.00 e. The third kappa shape index (κ3) is 14.1. The molecule has 0 atom stereocenters. The summed E-state index contributed by atoms with van der Waals surface area (Å²) in [6, 6.07) is 7.27. The van der Waals surface area contributed by atoms with Crippen LogP contribution in [0.1, 0.15) is 137 Å². The van der Waals surface area contributed by atoms with Crippen molar-refractivity contribution in [3.8, 4) is 6.26 Å². The molecule has 4 heterocycles. The van der Waals surface area contributed by atoms with E-state index in [0.29, 0.717) is 62.6 Å². The third-order valence-corrected chi connectivity index (χ3v) is 18.9. The number of sulfonamides is 2. The van der Waals surface area contributed by atoms with Gasteiger partial charge in [0.05, 0.1) is 0 Å². The molecule has 2 saturated carbocycles. The fraction of sp³-hybridized carbons (Fsp3) is 0.585. The molecule has 0 bridgehead atoms. The molecule has 2 aromatic carbocycles. The number of amides is 4. The van der Waals surface area contributed by atoms with Crippen LogP contribution in [0.5, 0.6) is 0 Å². The smallest absolute Gasteiger partial charge is 0.812 e. The van der Waals surface area contributed by atoms with E-state index in [-0.39, 0.29) is 54.5 Å². The Hall–Kier alpha value is -4.42. The molecule has 0 radical (unpaired) electrons. The molecule has 6 aliphatic rings. The van der Waals surface area contributed by atoms with Crippen molar-refractivity contribution in [1.29, 1.82) is 5.26 Å². The first kappa shape index (κ1) is 59.5. The van der Waals surface area contributed by atoms with Crippen molar-refractivity contribution in [3.63, 3.8) is 0 Å². The minimum atomic E-state index is -3.67. The average Bonchev–Trinajstić information content (AvgIpc) is 3.82. The third-order valence-electron chi connectivity index (χ3n) is 15.8. The summed E-state index contributed by atoms with van der Waals surface area (Å²) in [4.78, 5) is 48.3. The number of nitrogens with zero attached hydrogens (tertiary/aromatic N) is 6. The summed E-state index contributed by atoms with van der Waals surface area (Å²) >= 11 is 0. The number of urea groups is 1. The van der Waals surface area contributed by atoms with E-state index in [1.807, 2.05) is 27.7 Å². The van der Waals surface area contributed by atoms with E-state index < -0.39 is 37.2 Å². The van der Waals surface area contributed by atoms with Crippen LogP contribution in [0.3, 0.4) is 0 Å². The Morgan fingerprint density at radius 2 is 1.05 bits per heavy atom. The number of hydrogen-bond acceptors (Lipinski definition) is 11. The molecule has 2 saturated heterocycles. The van der Waals surface area contributed by atoms with Crippen LogP contribution >= 0.6 is 0 Å². The Labute approximate surface area is 455 Å². The van der Waals surface area contributed by atoms with Gasteiger partial charge in [0.25, 0.3) is 11.8 Å². The predicted molar refractivity (Wildman–Crippen MR) is 281 cm³/mol. The molecular formula is C53H74N9NaO8S2. The number of carbonyl (C=O) groups is 3. The van der Waals surface area contributed by atoms with Gasteiger partial charge in [0.1, 0.15) is 22.7 Å². The van der Waals surface area contributed by atoms with Gasteiger partial charge in [-0.15, -0.1) is 0 Å². The van der Waals surface area contributed by atoms with Crippen LogP contribution in [0.15, 0.2) is 45.1 Å². The number of piperidine rings is 2. The van der Waals surface area contributed by atoms with Gasteiger partial charge in [-0.1, -0.05) is 58.6 Å². The summed E-state index contributed by atoms with van der Waals surface area (Å²) in [5, 5.41) is 23.6. The van der Waals surface area contributed by atoms with Crippen LogP contribution < -0.4 is 55.9 Å². The van der Waals surface area contributed by atoms with Gasteiger partial charge in [0.2, 0.25) is 20.0 Å². The first-order chi connectivity index (χ1) is 34.0. The average molecular weight is 1050 g/mol.